The van der Waals surface area contributed by atoms with Gasteiger partial charge >= 0.3 is 5.97 Å². The molecule has 0 aliphatic carbocycles. The minimum Gasteiger partial charge on any atom is -0.468 e. The third-order valence-corrected chi connectivity index (χ3v) is 1.66. The van der Waals surface area contributed by atoms with Gasteiger partial charge in [0.2, 0.25) is 5.91 Å². The summed E-state index contributed by atoms with van der Waals surface area (Å²) in [7, 11) is 1.28. The molecule has 0 aromatic carbocycles. The van der Waals surface area contributed by atoms with Crippen LogP contribution < -0.4 is 5.32 Å². The van der Waals surface area contributed by atoms with Gasteiger partial charge < -0.3 is 10.1 Å². The third kappa shape index (κ3) is 6.22. The molecule has 0 aliphatic rings. The first-order valence-electron chi connectivity index (χ1n) is 4.62. The average Bonchev–Trinajstić information content (AvgIpc) is 2.14. The summed E-state index contributed by atoms with van der Waals surface area (Å²) in [5.74, 6) is -0.693. The number of hydrogen-bond acceptors (Lipinski definition) is 3. The zero-order chi connectivity index (χ0) is 11.0. The zero-order valence-corrected chi connectivity index (χ0v) is 8.92. The zero-order valence-electron chi connectivity index (χ0n) is 8.92. The molecule has 0 saturated carbocycles. The number of esters is 1. The number of methoxy groups -OCH3 is 1. The number of allylic oxidation sites excluding steroid dienone is 1. The predicted octanol–water partition coefficient (Wildman–Crippen LogP) is 1.02. The molecule has 0 radical (unpaired) electrons. The fraction of sp³-hybridized carbons (Fsp3) is 0.600. The second-order valence-electron chi connectivity index (χ2n) is 3.03. The molecule has 14 heavy (non-hydrogen) atoms. The second kappa shape index (κ2) is 7.12. The molecule has 0 spiro atoms. The first kappa shape index (κ1) is 12.7. The van der Waals surface area contributed by atoms with E-state index in [2.05, 4.69) is 10.1 Å². The van der Waals surface area contributed by atoms with Gasteiger partial charge in [-0.05, 0) is 13.3 Å². The molecule has 0 fully saturated rings. The molecule has 0 rings (SSSR count). The normalized spacial score (nSPS) is 10.9. The van der Waals surface area contributed by atoms with Crippen molar-refractivity contribution in [1.82, 2.24) is 5.32 Å². The number of carbonyl (C=O) groups excluding carboxylic acids is 2. The first-order chi connectivity index (χ1) is 6.60. The van der Waals surface area contributed by atoms with Crippen molar-refractivity contribution in [3.63, 3.8) is 0 Å². The molecule has 80 valence electrons. The molecule has 0 aromatic rings. The lowest BCUT2D eigenvalue weighted by atomic mass is 10.1. The third-order valence-electron chi connectivity index (χ3n) is 1.66. The summed E-state index contributed by atoms with van der Waals surface area (Å²) in [6.07, 6.45) is 3.41. The number of ether oxygens (including phenoxy) is 1. The van der Waals surface area contributed by atoms with Crippen LogP contribution in [0, 0.1) is 0 Å². The number of hydrogen-bond donors (Lipinski definition) is 1. The number of amides is 1. The SMILES string of the molecule is CCC/C(C)=C/C(=O)NCC(=O)OC. The Morgan fingerprint density at radius 2 is 2.07 bits per heavy atom. The van der Waals surface area contributed by atoms with Crippen molar-refractivity contribution in [3.05, 3.63) is 11.6 Å². The molecular formula is C10H17NO3. The predicted molar refractivity (Wildman–Crippen MR) is 53.7 cm³/mol. The molecule has 4 nitrogen and oxygen atoms in total. The van der Waals surface area contributed by atoms with Gasteiger partial charge in [-0.15, -0.1) is 0 Å². The van der Waals surface area contributed by atoms with Crippen molar-refractivity contribution in [2.45, 2.75) is 26.7 Å². The van der Waals surface area contributed by atoms with Gasteiger partial charge in [-0.3, -0.25) is 9.59 Å². The summed E-state index contributed by atoms with van der Waals surface area (Å²) < 4.78 is 4.38. The van der Waals surface area contributed by atoms with Gasteiger partial charge in [0.15, 0.2) is 0 Å². The van der Waals surface area contributed by atoms with E-state index in [9.17, 15) is 9.59 Å². The van der Waals surface area contributed by atoms with E-state index in [1.165, 1.54) is 13.2 Å². The smallest absolute Gasteiger partial charge is 0.325 e. The minimum atomic E-state index is -0.445. The minimum absolute atomic E-state index is 0.0781. The standard InChI is InChI=1S/C10H17NO3/c1-4-5-8(2)6-9(12)11-7-10(13)14-3/h6H,4-5,7H2,1-3H3,(H,11,12)/b8-6+. The van der Waals surface area contributed by atoms with Crippen molar-refractivity contribution in [2.75, 3.05) is 13.7 Å². The van der Waals surface area contributed by atoms with E-state index in [4.69, 9.17) is 0 Å². The fourth-order valence-electron chi connectivity index (χ4n) is 0.973. The molecule has 1 amide bonds. The quantitative estimate of drug-likeness (QED) is 0.531. The maximum Gasteiger partial charge on any atom is 0.325 e. The Morgan fingerprint density at radius 1 is 1.43 bits per heavy atom. The van der Waals surface area contributed by atoms with Gasteiger partial charge in [-0.25, -0.2) is 0 Å². The van der Waals surface area contributed by atoms with Crippen LogP contribution in [0.2, 0.25) is 0 Å². The van der Waals surface area contributed by atoms with Gasteiger partial charge in [-0.2, -0.15) is 0 Å². The van der Waals surface area contributed by atoms with Gasteiger partial charge in [0.05, 0.1) is 7.11 Å². The van der Waals surface area contributed by atoms with Crippen molar-refractivity contribution >= 4 is 11.9 Å². The summed E-state index contributed by atoms with van der Waals surface area (Å²) in [4.78, 5) is 21.8. The van der Waals surface area contributed by atoms with Crippen molar-refractivity contribution < 1.29 is 14.3 Å². The van der Waals surface area contributed by atoms with Crippen molar-refractivity contribution in [3.8, 4) is 0 Å². The molecule has 0 unspecified atom stereocenters. The number of nitrogens with one attached hydrogen (secondary N) is 1. The van der Waals surface area contributed by atoms with Crippen LogP contribution in [0.4, 0.5) is 0 Å². The number of carbonyl (C=O) groups is 2. The molecule has 4 heteroatoms. The molecule has 1 N–H and O–H groups in total. The fourth-order valence-corrected chi connectivity index (χ4v) is 0.973. The van der Waals surface area contributed by atoms with E-state index in [0.29, 0.717) is 0 Å². The number of rotatable bonds is 5. The Morgan fingerprint density at radius 3 is 2.57 bits per heavy atom. The van der Waals surface area contributed by atoms with Crippen molar-refractivity contribution in [2.24, 2.45) is 0 Å². The van der Waals surface area contributed by atoms with Gasteiger partial charge in [-0.1, -0.05) is 18.9 Å². The lowest BCUT2D eigenvalue weighted by Crippen LogP contribution is -2.28. The van der Waals surface area contributed by atoms with Gasteiger partial charge in [0.1, 0.15) is 6.54 Å². The summed E-state index contributed by atoms with van der Waals surface area (Å²) in [6.45, 7) is 3.86. The van der Waals surface area contributed by atoms with Crippen LogP contribution in [0.5, 0.6) is 0 Å². The van der Waals surface area contributed by atoms with Gasteiger partial charge in [0.25, 0.3) is 0 Å². The monoisotopic (exact) mass is 199 g/mol. The highest BCUT2D eigenvalue weighted by Gasteiger charge is 2.02. The molecular weight excluding hydrogens is 182 g/mol. The summed E-state index contributed by atoms with van der Waals surface area (Å²) >= 11 is 0. The van der Waals surface area contributed by atoms with Crippen LogP contribution in [-0.2, 0) is 14.3 Å². The molecule has 0 bridgehead atoms. The van der Waals surface area contributed by atoms with Crippen molar-refractivity contribution in [1.29, 1.82) is 0 Å². The second-order valence-corrected chi connectivity index (χ2v) is 3.03. The summed E-state index contributed by atoms with van der Waals surface area (Å²) in [6, 6.07) is 0. The van der Waals surface area contributed by atoms with Crippen LogP contribution in [0.15, 0.2) is 11.6 Å². The van der Waals surface area contributed by atoms with Gasteiger partial charge in [0, 0.05) is 6.08 Å². The topological polar surface area (TPSA) is 55.4 Å². The first-order valence-corrected chi connectivity index (χ1v) is 4.62. The lowest BCUT2D eigenvalue weighted by Gasteiger charge is -2.01. The van der Waals surface area contributed by atoms with E-state index < -0.39 is 5.97 Å². The van der Waals surface area contributed by atoms with E-state index in [0.717, 1.165) is 18.4 Å². The maximum absolute atomic E-state index is 11.2. The molecule has 0 heterocycles. The Hall–Kier alpha value is -1.32. The van der Waals surface area contributed by atoms with E-state index >= 15 is 0 Å². The highest BCUT2D eigenvalue weighted by Crippen LogP contribution is 2.01. The lowest BCUT2D eigenvalue weighted by molar-refractivity contribution is -0.140. The summed E-state index contributed by atoms with van der Waals surface area (Å²) in [5.41, 5.74) is 1.01. The Balaban J connectivity index is 3.86. The Bertz CT molecular complexity index is 234. The van der Waals surface area contributed by atoms with E-state index in [1.807, 2.05) is 13.8 Å². The van der Waals surface area contributed by atoms with Crippen LogP contribution in [-0.4, -0.2) is 25.5 Å². The van der Waals surface area contributed by atoms with Crippen LogP contribution in [0.3, 0.4) is 0 Å². The Kier molecular flexibility index (Phi) is 6.45. The van der Waals surface area contributed by atoms with Crippen LogP contribution in [0.1, 0.15) is 26.7 Å². The molecule has 0 atom stereocenters. The van der Waals surface area contributed by atoms with Crippen LogP contribution in [0.25, 0.3) is 0 Å². The molecule has 0 aliphatic heterocycles. The highest BCUT2D eigenvalue weighted by atomic mass is 16.5. The molecule has 0 aromatic heterocycles. The average molecular weight is 199 g/mol. The molecule has 0 saturated heterocycles. The summed E-state index contributed by atoms with van der Waals surface area (Å²) in [5, 5.41) is 2.43. The van der Waals surface area contributed by atoms with E-state index in [1.54, 1.807) is 0 Å². The largest absolute Gasteiger partial charge is 0.468 e. The maximum atomic E-state index is 11.2. The van der Waals surface area contributed by atoms with E-state index in [-0.39, 0.29) is 12.5 Å². The van der Waals surface area contributed by atoms with Crippen LogP contribution >= 0.6 is 0 Å². The highest BCUT2D eigenvalue weighted by molar-refractivity contribution is 5.90. The Labute approximate surface area is 84.3 Å².